The quantitative estimate of drug-likeness (QED) is 0.668. The first-order chi connectivity index (χ1) is 6.84. The first kappa shape index (κ1) is 10.2. The maximum atomic E-state index is 5.92. The van der Waals surface area contributed by atoms with E-state index in [4.69, 9.17) is 5.73 Å². The van der Waals surface area contributed by atoms with Crippen LogP contribution in [-0.4, -0.2) is 6.04 Å². The van der Waals surface area contributed by atoms with Crippen LogP contribution in [-0.2, 0) is 0 Å². The minimum Gasteiger partial charge on any atom is -0.328 e. The molecule has 2 rings (SSSR count). The van der Waals surface area contributed by atoms with Crippen molar-refractivity contribution in [2.75, 3.05) is 0 Å². The number of hydrogen-bond acceptors (Lipinski definition) is 1. The monoisotopic (exact) mass is 193 g/mol. The van der Waals surface area contributed by atoms with Crippen LogP contribution in [0.2, 0.25) is 0 Å². The van der Waals surface area contributed by atoms with E-state index in [0.717, 1.165) is 5.92 Å². The summed E-state index contributed by atoms with van der Waals surface area (Å²) in [5, 5.41) is 0. The van der Waals surface area contributed by atoms with Gasteiger partial charge < -0.3 is 5.73 Å². The highest BCUT2D eigenvalue weighted by atomic mass is 14.6. The zero-order valence-electron chi connectivity index (χ0n) is 9.17. The van der Waals surface area contributed by atoms with Crippen molar-refractivity contribution in [1.29, 1.82) is 0 Å². The topological polar surface area (TPSA) is 26.0 Å². The third-order valence-corrected chi connectivity index (χ3v) is 3.83. The minimum absolute atomic E-state index is 0.506. The molecule has 2 N–H and O–H groups in total. The Kier molecular flexibility index (Phi) is 3.63. The Labute approximate surface area is 87.8 Å². The maximum absolute atomic E-state index is 5.92. The Morgan fingerprint density at radius 3 is 2.57 bits per heavy atom. The van der Waals surface area contributed by atoms with Crippen molar-refractivity contribution in [3.8, 4) is 0 Å². The van der Waals surface area contributed by atoms with E-state index < -0.39 is 0 Å². The predicted molar refractivity (Wildman–Crippen MR) is 61.1 cm³/mol. The summed E-state index contributed by atoms with van der Waals surface area (Å²) >= 11 is 0. The molecule has 0 heterocycles. The van der Waals surface area contributed by atoms with Crippen LogP contribution < -0.4 is 5.73 Å². The van der Waals surface area contributed by atoms with Crippen LogP contribution >= 0.6 is 0 Å². The fourth-order valence-electron chi connectivity index (χ4n) is 2.85. The molecule has 0 radical (unpaired) electrons. The summed E-state index contributed by atoms with van der Waals surface area (Å²) < 4.78 is 0. The molecule has 0 spiro atoms. The van der Waals surface area contributed by atoms with E-state index in [2.05, 4.69) is 6.08 Å². The van der Waals surface area contributed by atoms with Crippen LogP contribution in [0.1, 0.15) is 57.8 Å². The smallest absolute Gasteiger partial charge is 0.00390 e. The molecule has 0 unspecified atom stereocenters. The van der Waals surface area contributed by atoms with E-state index in [1.54, 1.807) is 5.57 Å². The van der Waals surface area contributed by atoms with Crippen LogP contribution in [0.3, 0.4) is 0 Å². The van der Waals surface area contributed by atoms with Crippen molar-refractivity contribution in [3.63, 3.8) is 0 Å². The zero-order chi connectivity index (χ0) is 9.80. The average molecular weight is 193 g/mol. The molecule has 0 aromatic carbocycles. The number of nitrogens with two attached hydrogens (primary N) is 1. The second kappa shape index (κ2) is 4.97. The first-order valence-electron chi connectivity index (χ1n) is 6.28. The molecular weight excluding hydrogens is 170 g/mol. The molecule has 0 aromatic heterocycles. The van der Waals surface area contributed by atoms with Gasteiger partial charge in [0.2, 0.25) is 0 Å². The van der Waals surface area contributed by atoms with Gasteiger partial charge in [0.25, 0.3) is 0 Å². The van der Waals surface area contributed by atoms with Crippen LogP contribution in [0.5, 0.6) is 0 Å². The molecule has 14 heavy (non-hydrogen) atoms. The van der Waals surface area contributed by atoms with Gasteiger partial charge >= 0.3 is 0 Å². The van der Waals surface area contributed by atoms with Crippen molar-refractivity contribution in [1.82, 2.24) is 0 Å². The molecule has 1 heteroatoms. The molecule has 80 valence electrons. The van der Waals surface area contributed by atoms with Gasteiger partial charge in [0, 0.05) is 6.04 Å². The van der Waals surface area contributed by atoms with Crippen LogP contribution in [0.25, 0.3) is 0 Å². The second-order valence-electron chi connectivity index (χ2n) is 5.09. The highest BCUT2D eigenvalue weighted by Gasteiger charge is 2.19. The van der Waals surface area contributed by atoms with Gasteiger partial charge in [-0.2, -0.15) is 0 Å². The van der Waals surface area contributed by atoms with Crippen molar-refractivity contribution >= 4 is 0 Å². The van der Waals surface area contributed by atoms with E-state index in [-0.39, 0.29) is 0 Å². The highest BCUT2D eigenvalue weighted by molar-refractivity contribution is 5.06. The molecule has 0 bridgehead atoms. The van der Waals surface area contributed by atoms with Gasteiger partial charge in [-0.25, -0.2) is 0 Å². The van der Waals surface area contributed by atoms with E-state index in [1.807, 2.05) is 0 Å². The molecule has 2 aliphatic rings. The molecule has 1 saturated carbocycles. The van der Waals surface area contributed by atoms with Crippen molar-refractivity contribution in [3.05, 3.63) is 11.6 Å². The number of rotatable bonds is 2. The maximum Gasteiger partial charge on any atom is 0.00390 e. The SMILES string of the molecule is NC1CCC(CC2=CCCCC2)CC1. The Balaban J connectivity index is 1.77. The van der Waals surface area contributed by atoms with Gasteiger partial charge in [0.05, 0.1) is 0 Å². The van der Waals surface area contributed by atoms with E-state index in [0.29, 0.717) is 6.04 Å². The molecule has 1 fully saturated rings. The van der Waals surface area contributed by atoms with E-state index in [1.165, 1.54) is 57.8 Å². The summed E-state index contributed by atoms with van der Waals surface area (Å²) in [5.41, 5.74) is 7.66. The molecule has 0 atom stereocenters. The number of allylic oxidation sites excluding steroid dienone is 2. The molecule has 0 amide bonds. The lowest BCUT2D eigenvalue weighted by Crippen LogP contribution is -2.26. The van der Waals surface area contributed by atoms with E-state index >= 15 is 0 Å². The summed E-state index contributed by atoms with van der Waals surface area (Å²) in [6, 6.07) is 0.506. The largest absolute Gasteiger partial charge is 0.328 e. The second-order valence-corrected chi connectivity index (χ2v) is 5.09. The minimum atomic E-state index is 0.506. The predicted octanol–water partition coefficient (Wildman–Crippen LogP) is 3.39. The summed E-state index contributed by atoms with van der Waals surface area (Å²) in [6.07, 6.45) is 14.7. The summed E-state index contributed by atoms with van der Waals surface area (Å²) in [6.45, 7) is 0. The first-order valence-corrected chi connectivity index (χ1v) is 6.28. The highest BCUT2D eigenvalue weighted by Crippen LogP contribution is 2.31. The molecule has 2 aliphatic carbocycles. The van der Waals surface area contributed by atoms with Crippen LogP contribution in [0, 0.1) is 5.92 Å². The summed E-state index contributed by atoms with van der Waals surface area (Å²) in [5.74, 6) is 0.958. The Bertz CT molecular complexity index is 199. The summed E-state index contributed by atoms with van der Waals surface area (Å²) in [7, 11) is 0. The molecular formula is C13H23N. The lowest BCUT2D eigenvalue weighted by atomic mass is 9.81. The molecule has 0 aromatic rings. The Hall–Kier alpha value is -0.300. The lowest BCUT2D eigenvalue weighted by Gasteiger charge is -2.27. The van der Waals surface area contributed by atoms with Gasteiger partial charge in [-0.1, -0.05) is 11.6 Å². The van der Waals surface area contributed by atoms with Gasteiger partial charge in [-0.15, -0.1) is 0 Å². The van der Waals surface area contributed by atoms with Crippen LogP contribution in [0.15, 0.2) is 11.6 Å². The third kappa shape index (κ3) is 2.84. The number of hydrogen-bond donors (Lipinski definition) is 1. The average Bonchev–Trinajstić information content (AvgIpc) is 2.23. The lowest BCUT2D eigenvalue weighted by molar-refractivity contribution is 0.321. The van der Waals surface area contributed by atoms with Crippen molar-refractivity contribution < 1.29 is 0 Å². The molecule has 0 saturated heterocycles. The summed E-state index contributed by atoms with van der Waals surface area (Å²) in [4.78, 5) is 0. The van der Waals surface area contributed by atoms with Crippen molar-refractivity contribution in [2.45, 2.75) is 63.8 Å². The fraction of sp³-hybridized carbons (Fsp3) is 0.846. The molecule has 1 nitrogen and oxygen atoms in total. The van der Waals surface area contributed by atoms with Gasteiger partial charge in [-0.3, -0.25) is 0 Å². The van der Waals surface area contributed by atoms with E-state index in [9.17, 15) is 0 Å². The normalized spacial score (nSPS) is 33.9. The van der Waals surface area contributed by atoms with Gasteiger partial charge in [0.15, 0.2) is 0 Å². The Morgan fingerprint density at radius 2 is 1.93 bits per heavy atom. The van der Waals surface area contributed by atoms with Gasteiger partial charge in [0.1, 0.15) is 0 Å². The van der Waals surface area contributed by atoms with Gasteiger partial charge in [-0.05, 0) is 63.7 Å². The Morgan fingerprint density at radius 1 is 1.14 bits per heavy atom. The standard InChI is InChI=1S/C13H23N/c14-13-8-6-12(7-9-13)10-11-4-2-1-3-5-11/h4,12-13H,1-3,5-10,14H2. The third-order valence-electron chi connectivity index (χ3n) is 3.83. The van der Waals surface area contributed by atoms with Crippen LogP contribution in [0.4, 0.5) is 0 Å². The van der Waals surface area contributed by atoms with Crippen molar-refractivity contribution in [2.24, 2.45) is 11.7 Å². The molecule has 0 aliphatic heterocycles. The fourth-order valence-corrected chi connectivity index (χ4v) is 2.85. The zero-order valence-corrected chi connectivity index (χ0v) is 9.17.